The minimum atomic E-state index is -3.84. The maximum atomic E-state index is 12.9. The van der Waals surface area contributed by atoms with Crippen molar-refractivity contribution in [3.63, 3.8) is 0 Å². The van der Waals surface area contributed by atoms with Gasteiger partial charge < -0.3 is 9.30 Å². The number of aryl methyl sites for hydroxylation is 1. The largest absolute Gasteiger partial charge is 0.372 e. The quantitative estimate of drug-likeness (QED) is 0.728. The number of fused-ring (bicyclic) bond motifs is 1. The normalized spacial score (nSPS) is 21.3. The molecule has 1 N–H and O–H groups in total. The number of hydrogen-bond acceptors (Lipinski definition) is 5. The van der Waals surface area contributed by atoms with E-state index in [-0.39, 0.29) is 22.3 Å². The number of imidazole rings is 2. The third-order valence-corrected chi connectivity index (χ3v) is 6.41. The molecule has 3 aromatic heterocycles. The van der Waals surface area contributed by atoms with Gasteiger partial charge in [-0.3, -0.25) is 4.40 Å². The topological polar surface area (TPSA) is 90.5 Å². The lowest BCUT2D eigenvalue weighted by atomic mass is 10.0. The van der Waals surface area contributed by atoms with Gasteiger partial charge in [0.15, 0.2) is 10.2 Å². The molecule has 0 radical (unpaired) electrons. The van der Waals surface area contributed by atoms with Crippen LogP contribution in [0.2, 0.25) is 5.15 Å². The van der Waals surface area contributed by atoms with Crippen LogP contribution in [0.1, 0.15) is 24.6 Å². The van der Waals surface area contributed by atoms with E-state index in [2.05, 4.69) is 14.7 Å². The Labute approximate surface area is 155 Å². The molecule has 4 rings (SSSR count). The van der Waals surface area contributed by atoms with Crippen molar-refractivity contribution in [3.05, 3.63) is 47.8 Å². The lowest BCUT2D eigenvalue weighted by molar-refractivity contribution is -0.0000550. The first-order valence-electron chi connectivity index (χ1n) is 8.18. The van der Waals surface area contributed by atoms with Crippen molar-refractivity contribution in [3.8, 4) is 0 Å². The van der Waals surface area contributed by atoms with E-state index in [4.69, 9.17) is 16.3 Å². The number of nitrogens with one attached hydrogen (secondary N) is 1. The highest BCUT2D eigenvalue weighted by molar-refractivity contribution is 7.89. The second kappa shape index (κ2) is 6.66. The molecule has 1 aliphatic rings. The van der Waals surface area contributed by atoms with E-state index >= 15 is 0 Å². The van der Waals surface area contributed by atoms with Gasteiger partial charge in [0.2, 0.25) is 0 Å². The number of nitrogens with zero attached hydrogens (tertiary/aromatic N) is 4. The fourth-order valence-electron chi connectivity index (χ4n) is 3.25. The van der Waals surface area contributed by atoms with Gasteiger partial charge in [-0.25, -0.2) is 23.1 Å². The summed E-state index contributed by atoms with van der Waals surface area (Å²) in [6.07, 6.45) is 5.97. The molecule has 0 spiro atoms. The first-order chi connectivity index (χ1) is 12.5. The number of rotatable bonds is 4. The first-order valence-corrected chi connectivity index (χ1v) is 10.0. The molecule has 0 aliphatic carbocycles. The van der Waals surface area contributed by atoms with Gasteiger partial charge in [0.05, 0.1) is 18.2 Å². The van der Waals surface area contributed by atoms with Gasteiger partial charge in [-0.2, -0.15) is 0 Å². The molecule has 26 heavy (non-hydrogen) atoms. The predicted octanol–water partition coefficient (Wildman–Crippen LogP) is 1.92. The molecule has 2 atom stereocenters. The molecule has 8 nitrogen and oxygen atoms in total. The predicted molar refractivity (Wildman–Crippen MR) is 95.4 cm³/mol. The molecule has 10 heteroatoms. The third kappa shape index (κ3) is 3.11. The van der Waals surface area contributed by atoms with Crippen molar-refractivity contribution in [2.24, 2.45) is 7.05 Å². The molecule has 3 aromatic rings. The average molecular weight is 396 g/mol. The van der Waals surface area contributed by atoms with Crippen LogP contribution in [0.15, 0.2) is 41.9 Å². The SMILES string of the molecule is Cn1cncc1[C@H]1C[C@@H](NS(=O)(=O)c2c(Cl)nc3ccccn23)CCO1. The van der Waals surface area contributed by atoms with Gasteiger partial charge in [0, 0.05) is 25.9 Å². The second-order valence-electron chi connectivity index (χ2n) is 6.27. The monoisotopic (exact) mass is 395 g/mol. The van der Waals surface area contributed by atoms with Crippen molar-refractivity contribution < 1.29 is 13.2 Å². The summed E-state index contributed by atoms with van der Waals surface area (Å²) in [4.78, 5) is 8.21. The van der Waals surface area contributed by atoms with E-state index in [9.17, 15) is 8.42 Å². The number of ether oxygens (including phenoxy) is 1. The zero-order chi connectivity index (χ0) is 18.3. The van der Waals surface area contributed by atoms with Gasteiger partial charge in [-0.15, -0.1) is 0 Å². The highest BCUT2D eigenvalue weighted by Crippen LogP contribution is 2.29. The van der Waals surface area contributed by atoms with Crippen LogP contribution >= 0.6 is 11.6 Å². The van der Waals surface area contributed by atoms with E-state index in [1.165, 1.54) is 4.40 Å². The summed E-state index contributed by atoms with van der Waals surface area (Å²) in [7, 11) is -1.95. The van der Waals surface area contributed by atoms with Crippen LogP contribution in [0.4, 0.5) is 0 Å². The fraction of sp³-hybridized carbons (Fsp3) is 0.375. The van der Waals surface area contributed by atoms with Crippen molar-refractivity contribution in [1.29, 1.82) is 0 Å². The Balaban J connectivity index is 1.59. The highest BCUT2D eigenvalue weighted by atomic mass is 35.5. The molecule has 1 aliphatic heterocycles. The summed E-state index contributed by atoms with van der Waals surface area (Å²) in [6.45, 7) is 0.462. The number of halogens is 1. The Hall–Kier alpha value is -1.94. The van der Waals surface area contributed by atoms with Crippen molar-refractivity contribution in [2.75, 3.05) is 6.61 Å². The van der Waals surface area contributed by atoms with Crippen LogP contribution in [-0.4, -0.2) is 40.0 Å². The van der Waals surface area contributed by atoms with E-state index in [0.29, 0.717) is 25.1 Å². The molecule has 0 aromatic carbocycles. The van der Waals surface area contributed by atoms with E-state index in [1.54, 1.807) is 36.9 Å². The number of hydrogen-bond donors (Lipinski definition) is 1. The molecule has 0 amide bonds. The van der Waals surface area contributed by atoms with Crippen LogP contribution in [-0.2, 0) is 21.8 Å². The Kier molecular flexibility index (Phi) is 4.47. The van der Waals surface area contributed by atoms with Crippen molar-refractivity contribution in [1.82, 2.24) is 23.7 Å². The Morgan fingerprint density at radius 2 is 2.23 bits per heavy atom. The maximum absolute atomic E-state index is 12.9. The van der Waals surface area contributed by atoms with Crippen LogP contribution < -0.4 is 4.72 Å². The van der Waals surface area contributed by atoms with Crippen LogP contribution in [0, 0.1) is 0 Å². The fourth-order valence-corrected chi connectivity index (χ4v) is 5.18. The molecule has 1 saturated heterocycles. The Bertz CT molecular complexity index is 1050. The van der Waals surface area contributed by atoms with Crippen LogP contribution in [0.3, 0.4) is 0 Å². The highest BCUT2D eigenvalue weighted by Gasteiger charge is 2.32. The van der Waals surface area contributed by atoms with E-state index in [1.807, 2.05) is 11.6 Å². The molecule has 0 saturated carbocycles. The zero-order valence-electron chi connectivity index (χ0n) is 14.0. The lowest BCUT2D eigenvalue weighted by Gasteiger charge is -2.30. The molecular formula is C16H18ClN5O3S. The van der Waals surface area contributed by atoms with Gasteiger partial charge in [0.25, 0.3) is 10.0 Å². The van der Waals surface area contributed by atoms with Crippen LogP contribution in [0.5, 0.6) is 0 Å². The Morgan fingerprint density at radius 3 is 3.00 bits per heavy atom. The number of pyridine rings is 1. The van der Waals surface area contributed by atoms with Crippen LogP contribution in [0.25, 0.3) is 5.65 Å². The van der Waals surface area contributed by atoms with Gasteiger partial charge in [-0.05, 0) is 25.0 Å². The molecule has 1 fully saturated rings. The van der Waals surface area contributed by atoms with E-state index in [0.717, 1.165) is 5.69 Å². The molecule has 0 unspecified atom stereocenters. The summed E-state index contributed by atoms with van der Waals surface area (Å²) in [5, 5.41) is -0.0858. The summed E-state index contributed by atoms with van der Waals surface area (Å²) in [6, 6.07) is 4.95. The Morgan fingerprint density at radius 1 is 1.38 bits per heavy atom. The standard InChI is InChI=1S/C16H18ClN5O3S/c1-21-10-18-9-12(21)13-8-11(5-7-25-13)20-26(23,24)16-15(17)19-14-4-2-3-6-22(14)16/h2-4,6,9-11,13,20H,5,7-8H2,1H3/t11-,13+/m0/s1. The molecular weight excluding hydrogens is 378 g/mol. The number of sulfonamides is 1. The minimum Gasteiger partial charge on any atom is -0.372 e. The zero-order valence-corrected chi connectivity index (χ0v) is 15.6. The number of aromatic nitrogens is 4. The maximum Gasteiger partial charge on any atom is 0.260 e. The molecule has 4 heterocycles. The third-order valence-electron chi connectivity index (χ3n) is 4.49. The lowest BCUT2D eigenvalue weighted by Crippen LogP contribution is -2.40. The van der Waals surface area contributed by atoms with Crippen molar-refractivity contribution in [2.45, 2.75) is 30.0 Å². The summed E-state index contributed by atoms with van der Waals surface area (Å²) >= 11 is 6.11. The summed E-state index contributed by atoms with van der Waals surface area (Å²) < 4.78 is 37.8. The smallest absolute Gasteiger partial charge is 0.260 e. The summed E-state index contributed by atoms with van der Waals surface area (Å²) in [5.41, 5.74) is 1.40. The van der Waals surface area contributed by atoms with Gasteiger partial charge in [0.1, 0.15) is 11.8 Å². The van der Waals surface area contributed by atoms with Gasteiger partial charge >= 0.3 is 0 Å². The summed E-state index contributed by atoms with van der Waals surface area (Å²) in [5.74, 6) is 0. The average Bonchev–Trinajstić information content (AvgIpc) is 3.17. The molecule has 138 valence electrons. The van der Waals surface area contributed by atoms with Crippen molar-refractivity contribution >= 4 is 27.3 Å². The van der Waals surface area contributed by atoms with E-state index < -0.39 is 10.0 Å². The second-order valence-corrected chi connectivity index (χ2v) is 8.26. The molecule has 0 bridgehead atoms. The van der Waals surface area contributed by atoms with Gasteiger partial charge in [-0.1, -0.05) is 17.7 Å². The minimum absolute atomic E-state index is 0.0426. The first kappa shape index (κ1) is 17.5.